The Morgan fingerprint density at radius 2 is 2.00 bits per heavy atom. The van der Waals surface area contributed by atoms with E-state index in [0.29, 0.717) is 23.3 Å². The summed E-state index contributed by atoms with van der Waals surface area (Å²) >= 11 is 0. The highest BCUT2D eigenvalue weighted by Gasteiger charge is 2.11. The standard InChI is InChI=1S/C16H19NO3/c1-4-5-6-20-16(19)14(10-17)9-13-7-11(2)15(18)12(3)8-13/h7-9,18H,4-6H2,1-3H3. The van der Waals surface area contributed by atoms with Crippen molar-refractivity contribution in [1.82, 2.24) is 0 Å². The third-order valence-corrected chi connectivity index (χ3v) is 2.90. The molecule has 1 aromatic rings. The average molecular weight is 273 g/mol. The molecule has 0 aliphatic heterocycles. The Bertz CT molecular complexity index is 545. The largest absolute Gasteiger partial charge is 0.507 e. The molecule has 0 saturated heterocycles. The third kappa shape index (κ3) is 4.13. The fourth-order valence-corrected chi connectivity index (χ4v) is 1.76. The number of carbonyl (C=O) groups excluding carboxylic acids is 1. The molecule has 0 aliphatic carbocycles. The molecule has 1 N–H and O–H groups in total. The summed E-state index contributed by atoms with van der Waals surface area (Å²) in [7, 11) is 0. The van der Waals surface area contributed by atoms with Gasteiger partial charge in [0.2, 0.25) is 0 Å². The second-order valence-electron chi connectivity index (χ2n) is 4.66. The van der Waals surface area contributed by atoms with E-state index in [4.69, 9.17) is 10.00 Å². The van der Waals surface area contributed by atoms with Gasteiger partial charge in [0.25, 0.3) is 0 Å². The molecule has 0 saturated carbocycles. The summed E-state index contributed by atoms with van der Waals surface area (Å²) < 4.78 is 5.01. The normalized spacial score (nSPS) is 11.0. The maximum absolute atomic E-state index is 11.7. The van der Waals surface area contributed by atoms with Gasteiger partial charge in [0.1, 0.15) is 17.4 Å². The molecular weight excluding hydrogens is 254 g/mol. The van der Waals surface area contributed by atoms with Crippen LogP contribution in [0.4, 0.5) is 0 Å². The summed E-state index contributed by atoms with van der Waals surface area (Å²) in [6.45, 7) is 5.86. The Hall–Kier alpha value is -2.28. The van der Waals surface area contributed by atoms with Crippen LogP contribution < -0.4 is 0 Å². The van der Waals surface area contributed by atoms with Crippen LogP contribution in [0.15, 0.2) is 17.7 Å². The first kappa shape index (κ1) is 15.8. The van der Waals surface area contributed by atoms with Gasteiger partial charge in [-0.25, -0.2) is 4.79 Å². The Morgan fingerprint density at radius 1 is 1.40 bits per heavy atom. The molecule has 0 amide bonds. The molecule has 1 aromatic carbocycles. The average Bonchev–Trinajstić information content (AvgIpc) is 2.42. The van der Waals surface area contributed by atoms with Crippen molar-refractivity contribution >= 4 is 12.0 Å². The van der Waals surface area contributed by atoms with Gasteiger partial charge in [-0.1, -0.05) is 13.3 Å². The first-order chi connectivity index (χ1) is 9.49. The predicted molar refractivity (Wildman–Crippen MR) is 77.0 cm³/mol. The van der Waals surface area contributed by atoms with Gasteiger partial charge in [-0.15, -0.1) is 0 Å². The summed E-state index contributed by atoms with van der Waals surface area (Å²) in [5.74, 6) is -0.379. The topological polar surface area (TPSA) is 70.3 Å². The molecule has 0 fully saturated rings. The zero-order valence-electron chi connectivity index (χ0n) is 12.1. The molecule has 20 heavy (non-hydrogen) atoms. The van der Waals surface area contributed by atoms with Crippen molar-refractivity contribution in [3.8, 4) is 11.8 Å². The molecule has 0 spiro atoms. The van der Waals surface area contributed by atoms with Crippen LogP contribution in [0.5, 0.6) is 5.75 Å². The van der Waals surface area contributed by atoms with Gasteiger partial charge in [0, 0.05) is 0 Å². The van der Waals surface area contributed by atoms with Crippen LogP contribution in [0.3, 0.4) is 0 Å². The summed E-state index contributed by atoms with van der Waals surface area (Å²) in [5, 5.41) is 18.7. The molecule has 4 heteroatoms. The first-order valence-corrected chi connectivity index (χ1v) is 6.58. The lowest BCUT2D eigenvalue weighted by Gasteiger charge is -2.06. The summed E-state index contributed by atoms with van der Waals surface area (Å²) in [4.78, 5) is 11.7. The number of hydrogen-bond acceptors (Lipinski definition) is 4. The zero-order chi connectivity index (χ0) is 15.1. The summed E-state index contributed by atoms with van der Waals surface area (Å²) in [5.41, 5.74) is 2.06. The molecule has 0 atom stereocenters. The molecule has 0 radical (unpaired) electrons. The number of unbranched alkanes of at least 4 members (excludes halogenated alkanes) is 1. The number of hydrogen-bond donors (Lipinski definition) is 1. The van der Waals surface area contributed by atoms with Crippen LogP contribution in [0.2, 0.25) is 0 Å². The van der Waals surface area contributed by atoms with Crippen LogP contribution in [-0.2, 0) is 9.53 Å². The SMILES string of the molecule is CCCCOC(=O)C(C#N)=Cc1cc(C)c(O)c(C)c1. The van der Waals surface area contributed by atoms with Crippen LogP contribution >= 0.6 is 0 Å². The minimum Gasteiger partial charge on any atom is -0.507 e. The molecule has 0 unspecified atom stereocenters. The molecule has 106 valence electrons. The zero-order valence-corrected chi connectivity index (χ0v) is 12.1. The van der Waals surface area contributed by atoms with E-state index in [9.17, 15) is 9.90 Å². The van der Waals surface area contributed by atoms with E-state index in [1.807, 2.05) is 13.0 Å². The van der Waals surface area contributed by atoms with Crippen molar-refractivity contribution in [3.63, 3.8) is 0 Å². The van der Waals surface area contributed by atoms with Crippen LogP contribution in [0.1, 0.15) is 36.5 Å². The van der Waals surface area contributed by atoms with Gasteiger partial charge in [0.05, 0.1) is 6.61 Å². The number of phenols is 1. The smallest absolute Gasteiger partial charge is 0.348 e. The van der Waals surface area contributed by atoms with Gasteiger partial charge >= 0.3 is 5.97 Å². The Balaban J connectivity index is 2.95. The van der Waals surface area contributed by atoms with Crippen molar-refractivity contribution in [2.24, 2.45) is 0 Å². The molecule has 1 rings (SSSR count). The molecular formula is C16H19NO3. The van der Waals surface area contributed by atoms with Gasteiger partial charge in [-0.3, -0.25) is 0 Å². The number of benzene rings is 1. The Morgan fingerprint density at radius 3 is 2.50 bits per heavy atom. The number of esters is 1. The monoisotopic (exact) mass is 273 g/mol. The minimum atomic E-state index is -0.607. The lowest BCUT2D eigenvalue weighted by Crippen LogP contribution is -2.07. The van der Waals surface area contributed by atoms with E-state index < -0.39 is 5.97 Å². The highest BCUT2D eigenvalue weighted by atomic mass is 16.5. The molecule has 0 aromatic heterocycles. The molecule has 0 heterocycles. The maximum atomic E-state index is 11.7. The van der Waals surface area contributed by atoms with Crippen molar-refractivity contribution < 1.29 is 14.6 Å². The number of aromatic hydroxyl groups is 1. The minimum absolute atomic E-state index is 0.0365. The number of carbonyl (C=O) groups is 1. The van der Waals surface area contributed by atoms with Gasteiger partial charge < -0.3 is 9.84 Å². The van der Waals surface area contributed by atoms with Crippen LogP contribution in [0.25, 0.3) is 6.08 Å². The predicted octanol–water partition coefficient (Wildman–Crippen LogP) is 3.26. The van der Waals surface area contributed by atoms with Crippen molar-refractivity contribution in [3.05, 3.63) is 34.4 Å². The number of nitriles is 1. The first-order valence-electron chi connectivity index (χ1n) is 6.58. The highest BCUT2D eigenvalue weighted by molar-refractivity contribution is 5.97. The lowest BCUT2D eigenvalue weighted by molar-refractivity contribution is -0.138. The Labute approximate surface area is 119 Å². The van der Waals surface area contributed by atoms with E-state index >= 15 is 0 Å². The fourth-order valence-electron chi connectivity index (χ4n) is 1.76. The Kier molecular flexibility index (Phi) is 5.79. The number of rotatable bonds is 5. The van der Waals surface area contributed by atoms with E-state index in [0.717, 1.165) is 12.8 Å². The second kappa shape index (κ2) is 7.34. The lowest BCUT2D eigenvalue weighted by atomic mass is 10.0. The van der Waals surface area contributed by atoms with Crippen molar-refractivity contribution in [2.75, 3.05) is 6.61 Å². The van der Waals surface area contributed by atoms with Crippen molar-refractivity contribution in [2.45, 2.75) is 33.6 Å². The van der Waals surface area contributed by atoms with E-state index in [1.165, 1.54) is 6.08 Å². The van der Waals surface area contributed by atoms with E-state index in [-0.39, 0.29) is 11.3 Å². The second-order valence-corrected chi connectivity index (χ2v) is 4.66. The molecule has 4 nitrogen and oxygen atoms in total. The third-order valence-electron chi connectivity index (χ3n) is 2.90. The van der Waals surface area contributed by atoms with E-state index in [2.05, 4.69) is 0 Å². The van der Waals surface area contributed by atoms with E-state index in [1.54, 1.807) is 26.0 Å². The number of nitrogens with zero attached hydrogens (tertiary/aromatic N) is 1. The quantitative estimate of drug-likeness (QED) is 0.387. The summed E-state index contributed by atoms with van der Waals surface area (Å²) in [6.07, 6.45) is 3.19. The van der Waals surface area contributed by atoms with Gasteiger partial charge in [-0.2, -0.15) is 5.26 Å². The van der Waals surface area contributed by atoms with Gasteiger partial charge in [-0.05, 0) is 55.2 Å². The molecule has 0 bridgehead atoms. The molecule has 0 aliphatic rings. The highest BCUT2D eigenvalue weighted by Crippen LogP contribution is 2.24. The fraction of sp³-hybridized carbons (Fsp3) is 0.375. The number of phenolic OH excluding ortho intramolecular Hbond substituents is 1. The van der Waals surface area contributed by atoms with Crippen molar-refractivity contribution in [1.29, 1.82) is 5.26 Å². The maximum Gasteiger partial charge on any atom is 0.348 e. The number of aryl methyl sites for hydroxylation is 2. The summed E-state index contributed by atoms with van der Waals surface area (Å²) in [6, 6.07) is 5.30. The number of ether oxygens (including phenoxy) is 1. The van der Waals surface area contributed by atoms with Gasteiger partial charge in [0.15, 0.2) is 0 Å². The van der Waals surface area contributed by atoms with Crippen LogP contribution in [0, 0.1) is 25.2 Å². The van der Waals surface area contributed by atoms with Crippen LogP contribution in [-0.4, -0.2) is 17.7 Å².